The fraction of sp³-hybridized carbons (Fsp3) is 0.818. The molecule has 84 valence electrons. The van der Waals surface area contributed by atoms with E-state index in [0.29, 0.717) is 5.92 Å². The van der Waals surface area contributed by atoms with Crippen molar-refractivity contribution in [2.24, 2.45) is 7.05 Å². The van der Waals surface area contributed by atoms with Crippen LogP contribution in [0.2, 0.25) is 0 Å². The van der Waals surface area contributed by atoms with Crippen LogP contribution >= 0.6 is 0 Å². The van der Waals surface area contributed by atoms with E-state index in [1.54, 1.807) is 0 Å². The average Bonchev–Trinajstić information content (AvgIpc) is 2.61. The summed E-state index contributed by atoms with van der Waals surface area (Å²) in [6, 6.07) is 0. The molecule has 0 saturated heterocycles. The topological polar surface area (TPSA) is 42.7 Å². The summed E-state index contributed by atoms with van der Waals surface area (Å²) in [6.07, 6.45) is 6.65. The molecule has 15 heavy (non-hydrogen) atoms. The number of aromatic nitrogens is 3. The van der Waals surface area contributed by atoms with Crippen LogP contribution in [0, 0.1) is 0 Å². The van der Waals surface area contributed by atoms with Crippen LogP contribution in [0.4, 0.5) is 0 Å². The molecule has 0 unspecified atom stereocenters. The molecule has 1 N–H and O–H groups in total. The number of aryl methyl sites for hydroxylation is 1. The summed E-state index contributed by atoms with van der Waals surface area (Å²) < 4.78 is 1.96. The number of hydrogen-bond donors (Lipinski definition) is 1. The fourth-order valence-electron chi connectivity index (χ4n) is 2.40. The Morgan fingerprint density at radius 1 is 1.33 bits per heavy atom. The third-order valence-corrected chi connectivity index (χ3v) is 3.15. The Hall–Kier alpha value is -0.900. The maximum Gasteiger partial charge on any atom is 0.164 e. The van der Waals surface area contributed by atoms with Gasteiger partial charge >= 0.3 is 0 Å². The normalized spacial score (nSPS) is 18.3. The van der Waals surface area contributed by atoms with E-state index in [-0.39, 0.29) is 0 Å². The number of nitrogens with one attached hydrogen (secondary N) is 1. The van der Waals surface area contributed by atoms with Gasteiger partial charge < -0.3 is 5.32 Å². The highest BCUT2D eigenvalue weighted by Crippen LogP contribution is 2.31. The Labute approximate surface area is 91.1 Å². The van der Waals surface area contributed by atoms with Gasteiger partial charge in [0.2, 0.25) is 0 Å². The summed E-state index contributed by atoms with van der Waals surface area (Å²) >= 11 is 0. The van der Waals surface area contributed by atoms with Gasteiger partial charge in [-0.15, -0.1) is 0 Å². The molecule has 0 atom stereocenters. The van der Waals surface area contributed by atoms with Crippen LogP contribution in [-0.4, -0.2) is 21.8 Å². The van der Waals surface area contributed by atoms with Crippen molar-refractivity contribution in [3.63, 3.8) is 0 Å². The van der Waals surface area contributed by atoms with Crippen molar-refractivity contribution in [1.29, 1.82) is 0 Å². The summed E-state index contributed by atoms with van der Waals surface area (Å²) in [7, 11) is 3.94. The van der Waals surface area contributed by atoms with Crippen LogP contribution in [0.1, 0.15) is 49.7 Å². The first kappa shape index (κ1) is 10.6. The van der Waals surface area contributed by atoms with E-state index < -0.39 is 0 Å². The maximum absolute atomic E-state index is 4.61. The van der Waals surface area contributed by atoms with Crippen molar-refractivity contribution >= 4 is 0 Å². The van der Waals surface area contributed by atoms with E-state index in [0.717, 1.165) is 12.4 Å². The minimum atomic E-state index is 0.641. The maximum atomic E-state index is 4.61. The molecular formula is C11H20N4. The molecule has 0 amide bonds. The van der Waals surface area contributed by atoms with Crippen molar-refractivity contribution in [3.05, 3.63) is 11.6 Å². The van der Waals surface area contributed by atoms with Crippen LogP contribution in [0.5, 0.6) is 0 Å². The predicted octanol–water partition coefficient (Wildman–Crippen LogP) is 1.58. The second-order valence-corrected chi connectivity index (χ2v) is 4.38. The summed E-state index contributed by atoms with van der Waals surface area (Å²) in [5.74, 6) is 2.74. The molecular weight excluding hydrogens is 188 g/mol. The molecule has 0 spiro atoms. The van der Waals surface area contributed by atoms with Gasteiger partial charge in [-0.2, -0.15) is 5.10 Å². The van der Waals surface area contributed by atoms with Crippen LogP contribution in [0.3, 0.4) is 0 Å². The standard InChI is InChI=1S/C11H20N4/c1-12-8-10-13-11(15(2)14-10)9-6-4-3-5-7-9/h9,12H,3-8H2,1-2H3. The molecule has 1 aromatic heterocycles. The summed E-state index contributed by atoms with van der Waals surface area (Å²) in [6.45, 7) is 0.764. The smallest absolute Gasteiger partial charge is 0.164 e. The highest BCUT2D eigenvalue weighted by molar-refractivity contribution is 5.01. The highest BCUT2D eigenvalue weighted by Gasteiger charge is 2.20. The Kier molecular flexibility index (Phi) is 3.36. The summed E-state index contributed by atoms with van der Waals surface area (Å²) in [5, 5.41) is 7.51. The van der Waals surface area contributed by atoms with E-state index in [1.165, 1.54) is 37.9 Å². The van der Waals surface area contributed by atoms with Crippen LogP contribution in [0.15, 0.2) is 0 Å². The molecule has 4 nitrogen and oxygen atoms in total. The van der Waals surface area contributed by atoms with Gasteiger partial charge in [-0.1, -0.05) is 19.3 Å². The van der Waals surface area contributed by atoms with Gasteiger partial charge in [-0.05, 0) is 19.9 Å². The zero-order chi connectivity index (χ0) is 10.7. The lowest BCUT2D eigenvalue weighted by Crippen LogP contribution is -2.10. The Morgan fingerprint density at radius 2 is 2.07 bits per heavy atom. The Bertz CT molecular complexity index is 312. The van der Waals surface area contributed by atoms with Crippen LogP contribution < -0.4 is 5.32 Å². The fourth-order valence-corrected chi connectivity index (χ4v) is 2.40. The molecule has 1 aliphatic rings. The lowest BCUT2D eigenvalue weighted by Gasteiger charge is -2.20. The molecule has 0 aliphatic heterocycles. The molecule has 1 aliphatic carbocycles. The zero-order valence-corrected chi connectivity index (χ0v) is 9.66. The second kappa shape index (κ2) is 4.75. The Morgan fingerprint density at radius 3 is 2.73 bits per heavy atom. The number of hydrogen-bond acceptors (Lipinski definition) is 3. The highest BCUT2D eigenvalue weighted by atomic mass is 15.3. The van der Waals surface area contributed by atoms with Gasteiger partial charge in [-0.25, -0.2) is 4.98 Å². The predicted molar refractivity (Wildman–Crippen MR) is 59.6 cm³/mol. The zero-order valence-electron chi connectivity index (χ0n) is 9.66. The molecule has 0 aromatic carbocycles. The summed E-state index contributed by atoms with van der Waals surface area (Å²) in [5.41, 5.74) is 0. The van der Waals surface area contributed by atoms with Crippen molar-refractivity contribution in [3.8, 4) is 0 Å². The third-order valence-electron chi connectivity index (χ3n) is 3.15. The van der Waals surface area contributed by atoms with E-state index in [1.807, 2.05) is 18.8 Å². The van der Waals surface area contributed by atoms with Crippen molar-refractivity contribution in [2.45, 2.75) is 44.6 Å². The monoisotopic (exact) mass is 208 g/mol. The van der Waals surface area contributed by atoms with Gasteiger partial charge in [0, 0.05) is 13.0 Å². The third kappa shape index (κ3) is 2.37. The van der Waals surface area contributed by atoms with Gasteiger partial charge in [0.25, 0.3) is 0 Å². The first-order valence-corrected chi connectivity index (χ1v) is 5.85. The van der Waals surface area contributed by atoms with Crippen LogP contribution in [-0.2, 0) is 13.6 Å². The summed E-state index contributed by atoms with van der Waals surface area (Å²) in [4.78, 5) is 4.61. The molecule has 1 saturated carbocycles. The Balaban J connectivity index is 2.11. The van der Waals surface area contributed by atoms with E-state index in [4.69, 9.17) is 0 Å². The van der Waals surface area contributed by atoms with Crippen LogP contribution in [0.25, 0.3) is 0 Å². The number of rotatable bonds is 3. The lowest BCUT2D eigenvalue weighted by atomic mass is 9.89. The largest absolute Gasteiger partial charge is 0.313 e. The molecule has 0 radical (unpaired) electrons. The van der Waals surface area contributed by atoms with Gasteiger partial charge in [0.1, 0.15) is 5.82 Å². The molecule has 1 fully saturated rings. The molecule has 4 heteroatoms. The first-order chi connectivity index (χ1) is 7.31. The van der Waals surface area contributed by atoms with Gasteiger partial charge in [0.15, 0.2) is 5.82 Å². The van der Waals surface area contributed by atoms with E-state index in [9.17, 15) is 0 Å². The lowest BCUT2D eigenvalue weighted by molar-refractivity contribution is 0.417. The van der Waals surface area contributed by atoms with E-state index >= 15 is 0 Å². The molecule has 1 heterocycles. The minimum absolute atomic E-state index is 0.641. The van der Waals surface area contributed by atoms with Gasteiger partial charge in [0.05, 0.1) is 6.54 Å². The minimum Gasteiger partial charge on any atom is -0.313 e. The number of nitrogens with zero attached hydrogens (tertiary/aromatic N) is 3. The quantitative estimate of drug-likeness (QED) is 0.820. The van der Waals surface area contributed by atoms with E-state index in [2.05, 4.69) is 15.4 Å². The first-order valence-electron chi connectivity index (χ1n) is 5.85. The van der Waals surface area contributed by atoms with Crippen molar-refractivity contribution in [1.82, 2.24) is 20.1 Å². The second-order valence-electron chi connectivity index (χ2n) is 4.38. The van der Waals surface area contributed by atoms with Crippen molar-refractivity contribution in [2.75, 3.05) is 7.05 Å². The van der Waals surface area contributed by atoms with Gasteiger partial charge in [-0.3, -0.25) is 4.68 Å². The molecule has 0 bridgehead atoms. The molecule has 1 aromatic rings. The SMILES string of the molecule is CNCc1nc(C2CCCCC2)n(C)n1. The van der Waals surface area contributed by atoms with Crippen molar-refractivity contribution < 1.29 is 0 Å². The average molecular weight is 208 g/mol. The molecule has 2 rings (SSSR count).